The maximum Gasteiger partial charge on any atom is -0.114 e. The van der Waals surface area contributed by atoms with Crippen LogP contribution in [0.25, 0.3) is 0 Å². The second-order valence-electron chi connectivity index (χ2n) is 0.805. The molecule has 0 aliphatic carbocycles. The molecular formula is C4H6S2-2. The Labute approximate surface area is 49.5 Å². The molecule has 0 saturated heterocycles. The maximum absolute atomic E-state index is 4.58. The van der Waals surface area contributed by atoms with E-state index in [1.807, 2.05) is 12.2 Å². The maximum atomic E-state index is 4.58. The predicted molar refractivity (Wildman–Crippen MR) is 33.6 cm³/mol. The standard InChI is InChI=1S/C4H8S2/c5-3-1-2-4-6/h1-2,5-6H,3-4H2/p-2/b2-1-. The van der Waals surface area contributed by atoms with E-state index in [0.29, 0.717) is 11.5 Å². The Morgan fingerprint density at radius 3 is 1.50 bits per heavy atom. The highest BCUT2D eigenvalue weighted by atomic mass is 32.1. The van der Waals surface area contributed by atoms with Crippen molar-refractivity contribution in [3.63, 3.8) is 0 Å². The molecule has 0 unspecified atom stereocenters. The van der Waals surface area contributed by atoms with Gasteiger partial charge in [-0.1, -0.05) is 0 Å². The van der Waals surface area contributed by atoms with Crippen LogP contribution in [0.3, 0.4) is 0 Å². The van der Waals surface area contributed by atoms with Crippen molar-refractivity contribution >= 4 is 25.3 Å². The molecule has 2 heteroatoms. The highest BCUT2D eigenvalue weighted by molar-refractivity contribution is 7.59. The van der Waals surface area contributed by atoms with Crippen LogP contribution in [-0.4, -0.2) is 11.5 Å². The molecule has 0 bridgehead atoms. The van der Waals surface area contributed by atoms with Crippen LogP contribution in [0.5, 0.6) is 0 Å². The lowest BCUT2D eigenvalue weighted by molar-refractivity contribution is 1.69. The lowest BCUT2D eigenvalue weighted by Gasteiger charge is -1.93. The quantitative estimate of drug-likeness (QED) is 0.385. The van der Waals surface area contributed by atoms with E-state index in [4.69, 9.17) is 0 Å². The predicted octanol–water partition coefficient (Wildman–Crippen LogP) is 0.636. The summed E-state index contributed by atoms with van der Waals surface area (Å²) in [6.45, 7) is 0. The minimum absolute atomic E-state index is 0.691. The van der Waals surface area contributed by atoms with Crippen LogP contribution >= 0.6 is 0 Å². The molecule has 0 spiro atoms. The summed E-state index contributed by atoms with van der Waals surface area (Å²) in [5.41, 5.74) is 0. The summed E-state index contributed by atoms with van der Waals surface area (Å²) in [7, 11) is 0. The van der Waals surface area contributed by atoms with Crippen molar-refractivity contribution in [2.24, 2.45) is 0 Å². The van der Waals surface area contributed by atoms with Gasteiger partial charge in [0, 0.05) is 0 Å². The molecule has 0 N–H and O–H groups in total. The second-order valence-corrected chi connectivity index (χ2v) is 1.47. The van der Waals surface area contributed by atoms with E-state index in [9.17, 15) is 0 Å². The van der Waals surface area contributed by atoms with Gasteiger partial charge in [-0.25, -0.2) is 0 Å². The van der Waals surface area contributed by atoms with Crippen molar-refractivity contribution < 1.29 is 0 Å². The molecule has 0 amide bonds. The Bertz CT molecular complexity index is 34.8. The fourth-order valence-corrected chi connectivity index (χ4v) is 0.408. The van der Waals surface area contributed by atoms with Crippen LogP contribution in [0.2, 0.25) is 0 Å². The lowest BCUT2D eigenvalue weighted by Crippen LogP contribution is -1.68. The molecule has 0 fully saturated rings. The smallest absolute Gasteiger partial charge is 0.114 e. The summed E-state index contributed by atoms with van der Waals surface area (Å²) in [6, 6.07) is 0. The molecule has 0 aromatic heterocycles. The van der Waals surface area contributed by atoms with Crippen molar-refractivity contribution in [2.45, 2.75) is 0 Å². The molecule has 0 atom stereocenters. The van der Waals surface area contributed by atoms with Crippen LogP contribution in [-0.2, 0) is 25.3 Å². The molecule has 0 aromatic rings. The molecule has 36 valence electrons. The van der Waals surface area contributed by atoms with Gasteiger partial charge in [-0.2, -0.15) is 11.5 Å². The zero-order chi connectivity index (χ0) is 4.83. The van der Waals surface area contributed by atoms with E-state index >= 15 is 0 Å². The van der Waals surface area contributed by atoms with Crippen LogP contribution in [0.15, 0.2) is 12.2 Å². The van der Waals surface area contributed by atoms with Gasteiger partial charge in [0.05, 0.1) is 0 Å². The summed E-state index contributed by atoms with van der Waals surface area (Å²) in [4.78, 5) is 0. The topological polar surface area (TPSA) is 0 Å². The van der Waals surface area contributed by atoms with Gasteiger partial charge < -0.3 is 25.3 Å². The summed E-state index contributed by atoms with van der Waals surface area (Å²) in [6.07, 6.45) is 3.78. The molecule has 0 radical (unpaired) electrons. The Balaban J connectivity index is 2.73. The van der Waals surface area contributed by atoms with Crippen LogP contribution < -0.4 is 0 Å². The molecule has 0 heterocycles. The van der Waals surface area contributed by atoms with E-state index in [1.165, 1.54) is 0 Å². The zero-order valence-corrected chi connectivity index (χ0v) is 5.02. The molecule has 0 nitrogen and oxygen atoms in total. The molecule has 0 saturated carbocycles. The Hall–Kier alpha value is 0.440. The Kier molecular flexibility index (Phi) is 5.84. The van der Waals surface area contributed by atoms with Crippen molar-refractivity contribution in [3.8, 4) is 0 Å². The number of hydrogen-bond acceptors (Lipinski definition) is 2. The van der Waals surface area contributed by atoms with Gasteiger partial charge in [0.1, 0.15) is 0 Å². The summed E-state index contributed by atoms with van der Waals surface area (Å²) in [5, 5.41) is 0. The fourth-order valence-electron chi connectivity index (χ4n) is 0.136. The summed E-state index contributed by atoms with van der Waals surface area (Å²) >= 11 is 9.17. The first-order valence-electron chi connectivity index (χ1n) is 1.73. The third kappa shape index (κ3) is 4.44. The first kappa shape index (κ1) is 6.44. The van der Waals surface area contributed by atoms with Gasteiger partial charge in [-0.3, -0.25) is 0 Å². The van der Waals surface area contributed by atoms with Gasteiger partial charge in [0.25, 0.3) is 0 Å². The third-order valence-corrected chi connectivity index (χ3v) is 0.744. The first-order valence-corrected chi connectivity index (χ1v) is 2.88. The largest absolute Gasteiger partial charge is 0.789 e. The summed E-state index contributed by atoms with van der Waals surface area (Å²) < 4.78 is 0. The summed E-state index contributed by atoms with van der Waals surface area (Å²) in [5.74, 6) is 1.38. The van der Waals surface area contributed by atoms with Crippen LogP contribution in [0, 0.1) is 0 Å². The van der Waals surface area contributed by atoms with E-state index in [0.717, 1.165) is 0 Å². The van der Waals surface area contributed by atoms with Gasteiger partial charge in [-0.05, 0) is 0 Å². The van der Waals surface area contributed by atoms with Crippen molar-refractivity contribution in [1.82, 2.24) is 0 Å². The van der Waals surface area contributed by atoms with E-state index in [-0.39, 0.29) is 0 Å². The molecular weight excluding hydrogens is 112 g/mol. The highest BCUT2D eigenvalue weighted by Crippen LogP contribution is 1.66. The van der Waals surface area contributed by atoms with Crippen molar-refractivity contribution in [1.29, 1.82) is 0 Å². The molecule has 0 aliphatic rings. The molecule has 0 rings (SSSR count). The lowest BCUT2D eigenvalue weighted by atomic mass is 10.6. The van der Waals surface area contributed by atoms with Gasteiger partial charge in [-0.15, -0.1) is 12.2 Å². The average Bonchev–Trinajstić information content (AvgIpc) is 1.61. The number of hydrogen-bond donors (Lipinski definition) is 0. The number of rotatable bonds is 2. The highest BCUT2D eigenvalue weighted by Gasteiger charge is 1.45. The van der Waals surface area contributed by atoms with E-state index in [1.54, 1.807) is 0 Å². The third-order valence-electron chi connectivity index (χ3n) is 0.359. The van der Waals surface area contributed by atoms with Gasteiger partial charge in [0.2, 0.25) is 0 Å². The monoisotopic (exact) mass is 118 g/mol. The SMILES string of the molecule is [S-]C/C=C\C[S-]. The fraction of sp³-hybridized carbons (Fsp3) is 0.500. The second kappa shape index (κ2) is 5.44. The minimum atomic E-state index is 0.691. The molecule has 6 heavy (non-hydrogen) atoms. The Morgan fingerprint density at radius 1 is 1.00 bits per heavy atom. The average molecular weight is 118 g/mol. The zero-order valence-electron chi connectivity index (χ0n) is 3.39. The van der Waals surface area contributed by atoms with E-state index in [2.05, 4.69) is 25.3 Å². The minimum Gasteiger partial charge on any atom is -0.789 e. The van der Waals surface area contributed by atoms with Crippen molar-refractivity contribution in [2.75, 3.05) is 11.5 Å². The van der Waals surface area contributed by atoms with Gasteiger partial charge in [0.15, 0.2) is 0 Å². The van der Waals surface area contributed by atoms with E-state index < -0.39 is 0 Å². The molecule has 0 aromatic carbocycles. The first-order chi connectivity index (χ1) is 2.91. The Morgan fingerprint density at radius 2 is 1.33 bits per heavy atom. The van der Waals surface area contributed by atoms with Crippen LogP contribution in [0.1, 0.15) is 0 Å². The molecule has 0 aliphatic heterocycles. The van der Waals surface area contributed by atoms with Crippen LogP contribution in [0.4, 0.5) is 0 Å². The van der Waals surface area contributed by atoms with Crippen molar-refractivity contribution in [3.05, 3.63) is 12.2 Å². The normalized spacial score (nSPS) is 10.3. The van der Waals surface area contributed by atoms with Gasteiger partial charge >= 0.3 is 0 Å².